The SMILES string of the molecule is COc1cc(OC)c(OC)cc1CN1CCN(C2CCCC2)CC1. The number of ether oxygens (including phenoxy) is 3. The van der Waals surface area contributed by atoms with E-state index in [0.717, 1.165) is 42.7 Å². The average molecular weight is 334 g/mol. The average Bonchev–Trinajstić information content (AvgIpc) is 3.16. The van der Waals surface area contributed by atoms with Gasteiger partial charge in [-0.2, -0.15) is 0 Å². The van der Waals surface area contributed by atoms with Crippen LogP contribution in [0, 0.1) is 0 Å². The van der Waals surface area contributed by atoms with Crippen molar-refractivity contribution in [1.82, 2.24) is 9.80 Å². The van der Waals surface area contributed by atoms with E-state index in [4.69, 9.17) is 14.2 Å². The Kier molecular flexibility index (Phi) is 5.85. The summed E-state index contributed by atoms with van der Waals surface area (Å²) >= 11 is 0. The molecule has 0 aromatic heterocycles. The smallest absolute Gasteiger partial charge is 0.164 e. The first-order valence-corrected chi connectivity index (χ1v) is 9.00. The van der Waals surface area contributed by atoms with Crippen LogP contribution in [0.5, 0.6) is 17.2 Å². The Morgan fingerprint density at radius 1 is 0.833 bits per heavy atom. The molecule has 0 bridgehead atoms. The van der Waals surface area contributed by atoms with Crippen molar-refractivity contribution in [2.75, 3.05) is 47.5 Å². The van der Waals surface area contributed by atoms with Crippen molar-refractivity contribution >= 4 is 0 Å². The van der Waals surface area contributed by atoms with E-state index in [1.165, 1.54) is 38.8 Å². The summed E-state index contributed by atoms with van der Waals surface area (Å²) in [6.07, 6.45) is 5.61. The molecule has 2 aliphatic rings. The maximum atomic E-state index is 5.56. The van der Waals surface area contributed by atoms with E-state index >= 15 is 0 Å². The number of rotatable bonds is 6. The highest BCUT2D eigenvalue weighted by Crippen LogP contribution is 2.35. The van der Waals surface area contributed by atoms with Crippen LogP contribution >= 0.6 is 0 Å². The van der Waals surface area contributed by atoms with Crippen LogP contribution in [0.15, 0.2) is 12.1 Å². The lowest BCUT2D eigenvalue weighted by Gasteiger charge is -2.38. The highest BCUT2D eigenvalue weighted by molar-refractivity contribution is 5.50. The second-order valence-electron chi connectivity index (χ2n) is 6.77. The highest BCUT2D eigenvalue weighted by atomic mass is 16.5. The van der Waals surface area contributed by atoms with Crippen LogP contribution in [0.1, 0.15) is 31.2 Å². The molecule has 5 heteroatoms. The van der Waals surface area contributed by atoms with Crippen LogP contribution in [-0.4, -0.2) is 63.4 Å². The number of piperazine rings is 1. The van der Waals surface area contributed by atoms with Gasteiger partial charge in [-0.05, 0) is 18.9 Å². The van der Waals surface area contributed by atoms with Gasteiger partial charge in [0.2, 0.25) is 0 Å². The van der Waals surface area contributed by atoms with Crippen LogP contribution in [-0.2, 0) is 6.54 Å². The van der Waals surface area contributed by atoms with Gasteiger partial charge in [0.25, 0.3) is 0 Å². The molecule has 24 heavy (non-hydrogen) atoms. The normalized spacial score (nSPS) is 20.3. The number of hydrogen-bond donors (Lipinski definition) is 0. The molecule has 0 amide bonds. The van der Waals surface area contributed by atoms with Crippen LogP contribution in [0.2, 0.25) is 0 Å². The predicted molar refractivity (Wildman–Crippen MR) is 95.2 cm³/mol. The molecule has 3 rings (SSSR count). The van der Waals surface area contributed by atoms with Gasteiger partial charge in [0.05, 0.1) is 21.3 Å². The van der Waals surface area contributed by atoms with Crippen LogP contribution < -0.4 is 14.2 Å². The molecular weight excluding hydrogens is 304 g/mol. The number of nitrogens with zero attached hydrogens (tertiary/aromatic N) is 2. The Hall–Kier alpha value is -1.46. The number of benzene rings is 1. The van der Waals surface area contributed by atoms with Crippen molar-refractivity contribution in [1.29, 1.82) is 0 Å². The molecule has 1 aliphatic carbocycles. The highest BCUT2D eigenvalue weighted by Gasteiger charge is 2.26. The molecule has 0 unspecified atom stereocenters. The fourth-order valence-electron chi connectivity index (χ4n) is 4.01. The van der Waals surface area contributed by atoms with Crippen molar-refractivity contribution in [3.8, 4) is 17.2 Å². The second-order valence-corrected chi connectivity index (χ2v) is 6.77. The van der Waals surface area contributed by atoms with Crippen molar-refractivity contribution in [3.63, 3.8) is 0 Å². The van der Waals surface area contributed by atoms with E-state index < -0.39 is 0 Å². The zero-order valence-corrected chi connectivity index (χ0v) is 15.2. The topological polar surface area (TPSA) is 34.2 Å². The molecule has 1 aromatic rings. The Bertz CT molecular complexity index is 536. The summed E-state index contributed by atoms with van der Waals surface area (Å²) in [5.41, 5.74) is 1.16. The second kappa shape index (κ2) is 8.08. The third-order valence-electron chi connectivity index (χ3n) is 5.43. The van der Waals surface area contributed by atoms with Crippen LogP contribution in [0.25, 0.3) is 0 Å². The van der Waals surface area contributed by atoms with E-state index in [1.807, 2.05) is 12.1 Å². The molecule has 1 saturated carbocycles. The van der Waals surface area contributed by atoms with E-state index in [1.54, 1.807) is 21.3 Å². The molecular formula is C19H30N2O3. The fourth-order valence-corrected chi connectivity index (χ4v) is 4.01. The Morgan fingerprint density at radius 2 is 1.42 bits per heavy atom. The lowest BCUT2D eigenvalue weighted by molar-refractivity contribution is 0.0931. The predicted octanol–water partition coefficient (Wildman–Crippen LogP) is 2.77. The molecule has 1 aliphatic heterocycles. The van der Waals surface area contributed by atoms with Gasteiger partial charge in [0, 0.05) is 50.4 Å². The molecule has 1 aromatic carbocycles. The quantitative estimate of drug-likeness (QED) is 0.799. The summed E-state index contributed by atoms with van der Waals surface area (Å²) in [5.74, 6) is 2.34. The van der Waals surface area contributed by atoms with Gasteiger partial charge in [-0.25, -0.2) is 0 Å². The molecule has 2 fully saturated rings. The lowest BCUT2D eigenvalue weighted by Crippen LogP contribution is -2.49. The molecule has 1 heterocycles. The van der Waals surface area contributed by atoms with E-state index in [9.17, 15) is 0 Å². The Labute approximate surface area is 145 Å². The molecule has 0 atom stereocenters. The first-order valence-electron chi connectivity index (χ1n) is 9.00. The van der Waals surface area contributed by atoms with Crippen molar-refractivity contribution in [3.05, 3.63) is 17.7 Å². The summed E-state index contributed by atoms with van der Waals surface area (Å²) in [6.45, 7) is 5.49. The van der Waals surface area contributed by atoms with Gasteiger partial charge in [-0.1, -0.05) is 12.8 Å². The first kappa shape index (κ1) is 17.4. The monoisotopic (exact) mass is 334 g/mol. The maximum Gasteiger partial charge on any atom is 0.164 e. The largest absolute Gasteiger partial charge is 0.496 e. The summed E-state index contributed by atoms with van der Waals surface area (Å²) < 4.78 is 16.4. The van der Waals surface area contributed by atoms with Gasteiger partial charge < -0.3 is 14.2 Å². The molecule has 0 spiro atoms. The minimum Gasteiger partial charge on any atom is -0.496 e. The number of methoxy groups -OCH3 is 3. The molecule has 1 saturated heterocycles. The van der Waals surface area contributed by atoms with Gasteiger partial charge in [-0.15, -0.1) is 0 Å². The number of hydrogen-bond acceptors (Lipinski definition) is 5. The minimum atomic E-state index is 0.712. The summed E-state index contributed by atoms with van der Waals surface area (Å²) in [5, 5.41) is 0. The van der Waals surface area contributed by atoms with Crippen molar-refractivity contribution < 1.29 is 14.2 Å². The molecule has 0 radical (unpaired) electrons. The summed E-state index contributed by atoms with van der Waals surface area (Å²) in [4.78, 5) is 5.20. The van der Waals surface area contributed by atoms with E-state index in [2.05, 4.69) is 9.80 Å². The third-order valence-corrected chi connectivity index (χ3v) is 5.43. The summed E-state index contributed by atoms with van der Waals surface area (Å²) in [6, 6.07) is 4.80. The summed E-state index contributed by atoms with van der Waals surface area (Å²) in [7, 11) is 5.04. The van der Waals surface area contributed by atoms with Gasteiger partial charge in [0.1, 0.15) is 5.75 Å². The van der Waals surface area contributed by atoms with Crippen molar-refractivity contribution in [2.24, 2.45) is 0 Å². The van der Waals surface area contributed by atoms with E-state index in [0.29, 0.717) is 5.75 Å². The molecule has 0 N–H and O–H groups in total. The maximum absolute atomic E-state index is 5.56. The van der Waals surface area contributed by atoms with Crippen LogP contribution in [0.4, 0.5) is 0 Å². The standard InChI is InChI=1S/C19H30N2O3/c1-22-17-13-19(24-3)18(23-2)12-15(17)14-20-8-10-21(11-9-20)16-6-4-5-7-16/h12-13,16H,4-11,14H2,1-3H3. The molecule has 134 valence electrons. The van der Waals surface area contributed by atoms with Gasteiger partial charge in [0.15, 0.2) is 11.5 Å². The molecule has 5 nitrogen and oxygen atoms in total. The fraction of sp³-hybridized carbons (Fsp3) is 0.684. The lowest BCUT2D eigenvalue weighted by atomic mass is 10.1. The first-order chi connectivity index (χ1) is 11.7. The zero-order chi connectivity index (χ0) is 16.9. The van der Waals surface area contributed by atoms with E-state index in [-0.39, 0.29) is 0 Å². The third kappa shape index (κ3) is 3.78. The van der Waals surface area contributed by atoms with Gasteiger partial charge >= 0.3 is 0 Å². The van der Waals surface area contributed by atoms with Crippen LogP contribution in [0.3, 0.4) is 0 Å². The Morgan fingerprint density at radius 3 is 2.00 bits per heavy atom. The zero-order valence-electron chi connectivity index (χ0n) is 15.2. The Balaban J connectivity index is 1.63. The van der Waals surface area contributed by atoms with Crippen molar-refractivity contribution in [2.45, 2.75) is 38.3 Å². The minimum absolute atomic E-state index is 0.712. The van der Waals surface area contributed by atoms with Gasteiger partial charge in [-0.3, -0.25) is 9.80 Å².